The second-order valence-electron chi connectivity index (χ2n) is 5.62. The van der Waals surface area contributed by atoms with Crippen molar-refractivity contribution in [2.75, 3.05) is 0 Å². The van der Waals surface area contributed by atoms with E-state index >= 15 is 0 Å². The summed E-state index contributed by atoms with van der Waals surface area (Å²) in [5, 5.41) is 4.87. The number of ether oxygens (including phenoxy) is 1. The highest BCUT2D eigenvalue weighted by atomic mass is 32.1. The first-order valence-electron chi connectivity index (χ1n) is 7.79. The van der Waals surface area contributed by atoms with E-state index in [0.717, 1.165) is 22.1 Å². The zero-order valence-electron chi connectivity index (χ0n) is 13.6. The second kappa shape index (κ2) is 7.36. The zero-order valence-corrected chi connectivity index (χ0v) is 14.4. The number of benzene rings is 1. The highest BCUT2D eigenvalue weighted by molar-refractivity contribution is 7.13. The zero-order chi connectivity index (χ0) is 16.9. The SMILES string of the molecule is CC(C)Oc1ccc(C(=O)NCc2ccc(-c3cccs3)o2)cc1. The van der Waals surface area contributed by atoms with Crippen LogP contribution in [-0.2, 0) is 6.54 Å². The van der Waals surface area contributed by atoms with Gasteiger partial charge in [0.1, 0.15) is 17.3 Å². The molecule has 2 heterocycles. The summed E-state index contributed by atoms with van der Waals surface area (Å²) >= 11 is 1.62. The van der Waals surface area contributed by atoms with Crippen molar-refractivity contribution in [2.45, 2.75) is 26.5 Å². The van der Waals surface area contributed by atoms with Gasteiger partial charge in [0, 0.05) is 5.56 Å². The van der Waals surface area contributed by atoms with Gasteiger partial charge in [-0.05, 0) is 61.7 Å². The molecule has 0 spiro atoms. The summed E-state index contributed by atoms with van der Waals surface area (Å²) in [6, 6.07) is 14.9. The largest absolute Gasteiger partial charge is 0.491 e. The summed E-state index contributed by atoms with van der Waals surface area (Å²) < 4.78 is 11.3. The molecular formula is C19H19NO3S. The third-order valence-corrected chi connectivity index (χ3v) is 4.22. The van der Waals surface area contributed by atoms with Crippen molar-refractivity contribution >= 4 is 17.2 Å². The molecule has 0 aliphatic carbocycles. The molecule has 4 nitrogen and oxygen atoms in total. The maximum absolute atomic E-state index is 12.2. The van der Waals surface area contributed by atoms with Crippen LogP contribution >= 0.6 is 11.3 Å². The molecule has 0 fully saturated rings. The maximum atomic E-state index is 12.2. The first-order chi connectivity index (χ1) is 11.6. The molecule has 3 rings (SSSR count). The molecule has 0 aliphatic heterocycles. The van der Waals surface area contributed by atoms with Crippen LogP contribution in [0, 0.1) is 0 Å². The number of amides is 1. The molecule has 0 unspecified atom stereocenters. The molecule has 0 bridgehead atoms. The highest BCUT2D eigenvalue weighted by Crippen LogP contribution is 2.26. The van der Waals surface area contributed by atoms with E-state index < -0.39 is 0 Å². The number of carbonyl (C=O) groups is 1. The van der Waals surface area contributed by atoms with Crippen molar-refractivity contribution in [1.82, 2.24) is 5.32 Å². The van der Waals surface area contributed by atoms with Crippen LogP contribution in [0.3, 0.4) is 0 Å². The predicted octanol–water partition coefficient (Wildman–Crippen LogP) is 4.73. The Morgan fingerprint density at radius 2 is 1.96 bits per heavy atom. The van der Waals surface area contributed by atoms with Crippen molar-refractivity contribution in [1.29, 1.82) is 0 Å². The minimum Gasteiger partial charge on any atom is -0.491 e. The van der Waals surface area contributed by atoms with Gasteiger partial charge in [-0.3, -0.25) is 4.79 Å². The van der Waals surface area contributed by atoms with Crippen LogP contribution < -0.4 is 10.1 Å². The average molecular weight is 341 g/mol. The third-order valence-electron chi connectivity index (χ3n) is 3.34. The molecule has 1 amide bonds. The van der Waals surface area contributed by atoms with E-state index in [-0.39, 0.29) is 12.0 Å². The standard InChI is InChI=1S/C19H19NO3S/c1-13(2)22-15-7-5-14(6-8-15)19(21)20-12-16-9-10-17(23-16)18-4-3-11-24-18/h3-11,13H,12H2,1-2H3,(H,20,21). The van der Waals surface area contributed by atoms with Gasteiger partial charge >= 0.3 is 0 Å². The quantitative estimate of drug-likeness (QED) is 0.705. The third kappa shape index (κ3) is 4.06. The Labute approximate surface area is 145 Å². The van der Waals surface area contributed by atoms with Crippen molar-refractivity contribution in [3.05, 3.63) is 65.2 Å². The van der Waals surface area contributed by atoms with Gasteiger partial charge in [-0.25, -0.2) is 0 Å². The Bertz CT molecular complexity index is 788. The van der Waals surface area contributed by atoms with Crippen LogP contribution in [0.15, 0.2) is 58.3 Å². The first-order valence-corrected chi connectivity index (χ1v) is 8.67. The number of hydrogen-bond acceptors (Lipinski definition) is 4. The Morgan fingerprint density at radius 1 is 1.17 bits per heavy atom. The minimum atomic E-state index is -0.139. The maximum Gasteiger partial charge on any atom is 0.251 e. The number of carbonyl (C=O) groups excluding carboxylic acids is 1. The van der Waals surface area contributed by atoms with Crippen LogP contribution in [-0.4, -0.2) is 12.0 Å². The van der Waals surface area contributed by atoms with Gasteiger partial charge in [-0.15, -0.1) is 11.3 Å². The normalized spacial score (nSPS) is 10.8. The van der Waals surface area contributed by atoms with Crippen molar-refractivity contribution in [3.8, 4) is 16.4 Å². The highest BCUT2D eigenvalue weighted by Gasteiger charge is 2.09. The van der Waals surface area contributed by atoms with Crippen LogP contribution in [0.25, 0.3) is 10.6 Å². The summed E-state index contributed by atoms with van der Waals surface area (Å²) in [6.07, 6.45) is 0.112. The molecule has 124 valence electrons. The predicted molar refractivity (Wildman–Crippen MR) is 95.4 cm³/mol. The van der Waals surface area contributed by atoms with Crippen molar-refractivity contribution < 1.29 is 13.9 Å². The van der Waals surface area contributed by atoms with Crippen molar-refractivity contribution in [2.24, 2.45) is 0 Å². The van der Waals surface area contributed by atoms with Gasteiger partial charge in [0.05, 0.1) is 17.5 Å². The van der Waals surface area contributed by atoms with E-state index in [4.69, 9.17) is 9.15 Å². The van der Waals surface area contributed by atoms with Crippen LogP contribution in [0.1, 0.15) is 30.0 Å². The number of rotatable bonds is 6. The lowest BCUT2D eigenvalue weighted by Gasteiger charge is -2.10. The number of thiophene rings is 1. The average Bonchev–Trinajstić information content (AvgIpc) is 3.24. The van der Waals surface area contributed by atoms with E-state index in [1.54, 1.807) is 35.6 Å². The smallest absolute Gasteiger partial charge is 0.251 e. The van der Waals surface area contributed by atoms with Crippen LogP contribution in [0.2, 0.25) is 0 Å². The molecule has 5 heteroatoms. The molecular weight excluding hydrogens is 322 g/mol. The fraction of sp³-hybridized carbons (Fsp3) is 0.211. The fourth-order valence-electron chi connectivity index (χ4n) is 2.25. The Kier molecular flexibility index (Phi) is 5.01. The first kappa shape index (κ1) is 16.3. The summed E-state index contributed by atoms with van der Waals surface area (Å²) in [4.78, 5) is 13.3. The number of hydrogen-bond donors (Lipinski definition) is 1. The molecule has 3 aromatic rings. The lowest BCUT2D eigenvalue weighted by atomic mass is 10.2. The van der Waals surface area contributed by atoms with Gasteiger partial charge in [0.15, 0.2) is 0 Å². The molecule has 2 aromatic heterocycles. The number of nitrogens with one attached hydrogen (secondary N) is 1. The Morgan fingerprint density at radius 3 is 2.62 bits per heavy atom. The summed E-state index contributed by atoms with van der Waals surface area (Å²) in [6.45, 7) is 4.29. The van der Waals surface area contributed by atoms with E-state index in [9.17, 15) is 4.79 Å². The van der Waals surface area contributed by atoms with Gasteiger partial charge in [-0.1, -0.05) is 6.07 Å². The molecule has 1 N–H and O–H groups in total. The molecule has 0 radical (unpaired) electrons. The van der Waals surface area contributed by atoms with Crippen LogP contribution in [0.4, 0.5) is 0 Å². The molecule has 0 saturated carbocycles. The van der Waals surface area contributed by atoms with E-state index in [1.165, 1.54) is 0 Å². The lowest BCUT2D eigenvalue weighted by molar-refractivity contribution is 0.0948. The Hall–Kier alpha value is -2.53. The lowest BCUT2D eigenvalue weighted by Crippen LogP contribution is -2.22. The van der Waals surface area contributed by atoms with E-state index in [2.05, 4.69) is 5.32 Å². The molecule has 0 atom stereocenters. The van der Waals surface area contributed by atoms with E-state index in [0.29, 0.717) is 12.1 Å². The van der Waals surface area contributed by atoms with Crippen molar-refractivity contribution in [3.63, 3.8) is 0 Å². The monoisotopic (exact) mass is 341 g/mol. The van der Waals surface area contributed by atoms with Gasteiger partial charge in [0.25, 0.3) is 5.91 Å². The van der Waals surface area contributed by atoms with Crippen LogP contribution in [0.5, 0.6) is 5.75 Å². The summed E-state index contributed by atoms with van der Waals surface area (Å²) in [5.74, 6) is 2.17. The molecule has 0 saturated heterocycles. The van der Waals surface area contributed by atoms with E-state index in [1.807, 2.05) is 43.5 Å². The minimum absolute atomic E-state index is 0.112. The van der Waals surface area contributed by atoms with Gasteiger partial charge in [0.2, 0.25) is 0 Å². The molecule has 24 heavy (non-hydrogen) atoms. The Balaban J connectivity index is 1.57. The van der Waals surface area contributed by atoms with Gasteiger partial charge in [-0.2, -0.15) is 0 Å². The fourth-order valence-corrected chi connectivity index (χ4v) is 2.94. The molecule has 1 aromatic carbocycles. The second-order valence-corrected chi connectivity index (χ2v) is 6.56. The summed E-state index contributed by atoms with van der Waals surface area (Å²) in [5.41, 5.74) is 0.594. The van der Waals surface area contributed by atoms with Gasteiger partial charge < -0.3 is 14.5 Å². The summed E-state index contributed by atoms with van der Waals surface area (Å²) in [7, 11) is 0. The number of furan rings is 1. The molecule has 0 aliphatic rings. The topological polar surface area (TPSA) is 51.5 Å².